The van der Waals surface area contributed by atoms with E-state index in [1.165, 1.54) is 31.9 Å². The Morgan fingerprint density at radius 3 is 2.68 bits per heavy atom. The van der Waals surface area contributed by atoms with Gasteiger partial charge >= 0.3 is 0 Å². The molecule has 1 unspecified atom stereocenters. The average molecular weight is 310 g/mol. The number of rotatable bonds is 5. The SMILES string of the molecule is CCCc1nc(Cc2cccc3ccccc23)sc1C(C)N. The van der Waals surface area contributed by atoms with Crippen LogP contribution in [0.25, 0.3) is 10.8 Å². The van der Waals surface area contributed by atoms with Gasteiger partial charge in [-0.1, -0.05) is 55.8 Å². The van der Waals surface area contributed by atoms with Crippen molar-refractivity contribution < 1.29 is 0 Å². The van der Waals surface area contributed by atoms with Crippen LogP contribution in [0.2, 0.25) is 0 Å². The summed E-state index contributed by atoms with van der Waals surface area (Å²) in [5, 5.41) is 3.78. The van der Waals surface area contributed by atoms with E-state index in [1.54, 1.807) is 11.3 Å². The molecule has 2 N–H and O–H groups in total. The van der Waals surface area contributed by atoms with Gasteiger partial charge in [0.1, 0.15) is 0 Å². The van der Waals surface area contributed by atoms with E-state index in [0.29, 0.717) is 0 Å². The second-order valence-electron chi connectivity index (χ2n) is 5.77. The molecule has 3 aromatic rings. The molecule has 0 spiro atoms. The largest absolute Gasteiger partial charge is 0.323 e. The smallest absolute Gasteiger partial charge is 0.0975 e. The summed E-state index contributed by atoms with van der Waals surface area (Å²) in [4.78, 5) is 6.11. The van der Waals surface area contributed by atoms with E-state index >= 15 is 0 Å². The molecular formula is C19H22N2S. The first-order chi connectivity index (χ1) is 10.7. The molecule has 0 bridgehead atoms. The zero-order valence-electron chi connectivity index (χ0n) is 13.2. The van der Waals surface area contributed by atoms with Gasteiger partial charge < -0.3 is 5.73 Å². The molecule has 3 heteroatoms. The third-order valence-electron chi connectivity index (χ3n) is 3.89. The van der Waals surface area contributed by atoms with E-state index in [-0.39, 0.29) is 6.04 Å². The van der Waals surface area contributed by atoms with Crippen LogP contribution in [0.3, 0.4) is 0 Å². The number of aromatic nitrogens is 1. The molecule has 2 aromatic carbocycles. The van der Waals surface area contributed by atoms with Crippen molar-refractivity contribution in [2.45, 2.75) is 39.2 Å². The van der Waals surface area contributed by atoms with Crippen molar-refractivity contribution in [1.82, 2.24) is 4.98 Å². The van der Waals surface area contributed by atoms with Gasteiger partial charge in [0.2, 0.25) is 0 Å². The second-order valence-corrected chi connectivity index (χ2v) is 6.89. The highest BCUT2D eigenvalue weighted by molar-refractivity contribution is 7.11. The second kappa shape index (κ2) is 6.59. The van der Waals surface area contributed by atoms with Crippen LogP contribution < -0.4 is 5.73 Å². The molecule has 0 saturated heterocycles. The van der Waals surface area contributed by atoms with E-state index in [1.807, 2.05) is 6.92 Å². The molecule has 0 aliphatic heterocycles. The lowest BCUT2D eigenvalue weighted by atomic mass is 10.0. The maximum absolute atomic E-state index is 6.11. The summed E-state index contributed by atoms with van der Waals surface area (Å²) in [7, 11) is 0. The Bertz CT molecular complexity index is 769. The van der Waals surface area contributed by atoms with E-state index in [9.17, 15) is 0 Å². The number of hydrogen-bond donors (Lipinski definition) is 1. The third kappa shape index (κ3) is 3.06. The molecule has 0 amide bonds. The first-order valence-corrected chi connectivity index (χ1v) is 8.71. The van der Waals surface area contributed by atoms with Gasteiger partial charge in [0.05, 0.1) is 10.7 Å². The van der Waals surface area contributed by atoms with Gasteiger partial charge in [-0.25, -0.2) is 4.98 Å². The third-order valence-corrected chi connectivity index (χ3v) is 5.19. The van der Waals surface area contributed by atoms with Crippen LogP contribution in [0.15, 0.2) is 42.5 Å². The Hall–Kier alpha value is -1.71. The van der Waals surface area contributed by atoms with Crippen molar-refractivity contribution in [2.24, 2.45) is 5.73 Å². The predicted octanol–water partition coefficient (Wildman–Crippen LogP) is 4.86. The first kappa shape index (κ1) is 15.2. The molecule has 2 nitrogen and oxygen atoms in total. The molecular weight excluding hydrogens is 288 g/mol. The lowest BCUT2D eigenvalue weighted by Gasteiger charge is -2.04. The number of fused-ring (bicyclic) bond motifs is 1. The fourth-order valence-corrected chi connectivity index (χ4v) is 3.96. The molecule has 22 heavy (non-hydrogen) atoms. The highest BCUT2D eigenvalue weighted by Crippen LogP contribution is 2.28. The Kier molecular flexibility index (Phi) is 4.55. The molecule has 114 valence electrons. The summed E-state index contributed by atoms with van der Waals surface area (Å²) in [6, 6.07) is 15.1. The quantitative estimate of drug-likeness (QED) is 0.731. The Balaban J connectivity index is 1.96. The fraction of sp³-hybridized carbons (Fsp3) is 0.316. The van der Waals surface area contributed by atoms with Gasteiger partial charge in [-0.15, -0.1) is 11.3 Å². The lowest BCUT2D eigenvalue weighted by molar-refractivity contribution is 0.791. The topological polar surface area (TPSA) is 38.9 Å². The molecule has 0 aliphatic carbocycles. The summed E-state index contributed by atoms with van der Waals surface area (Å²) in [6.07, 6.45) is 3.01. The van der Waals surface area contributed by atoms with Gasteiger partial charge in [0, 0.05) is 17.3 Å². The molecule has 3 rings (SSSR count). The fourth-order valence-electron chi connectivity index (χ4n) is 2.87. The molecule has 1 atom stereocenters. The van der Waals surface area contributed by atoms with Crippen molar-refractivity contribution in [1.29, 1.82) is 0 Å². The molecule has 1 aromatic heterocycles. The van der Waals surface area contributed by atoms with Gasteiger partial charge in [0.25, 0.3) is 0 Å². The number of aryl methyl sites for hydroxylation is 1. The summed E-state index contributed by atoms with van der Waals surface area (Å²) < 4.78 is 0. The summed E-state index contributed by atoms with van der Waals surface area (Å²) in [5.74, 6) is 0. The van der Waals surface area contributed by atoms with Crippen LogP contribution in [0.1, 0.15) is 47.5 Å². The molecule has 0 radical (unpaired) electrons. The van der Waals surface area contributed by atoms with Gasteiger partial charge in [0.15, 0.2) is 0 Å². The van der Waals surface area contributed by atoms with Crippen LogP contribution in [0.5, 0.6) is 0 Å². The van der Waals surface area contributed by atoms with E-state index < -0.39 is 0 Å². The van der Waals surface area contributed by atoms with E-state index in [4.69, 9.17) is 10.7 Å². The van der Waals surface area contributed by atoms with Crippen molar-refractivity contribution in [2.75, 3.05) is 0 Å². The Morgan fingerprint density at radius 2 is 1.91 bits per heavy atom. The standard InChI is InChI=1S/C19H22N2S/c1-3-7-17-19(13(2)20)22-18(21-17)12-15-10-6-9-14-8-4-5-11-16(14)15/h4-6,8-11,13H,3,7,12,20H2,1-2H3. The van der Waals surface area contributed by atoms with Crippen LogP contribution in [0, 0.1) is 0 Å². The average Bonchev–Trinajstić information content (AvgIpc) is 2.91. The number of hydrogen-bond acceptors (Lipinski definition) is 3. The number of thiazole rings is 1. The monoisotopic (exact) mass is 310 g/mol. The predicted molar refractivity (Wildman–Crippen MR) is 95.5 cm³/mol. The van der Waals surface area contributed by atoms with Crippen molar-refractivity contribution >= 4 is 22.1 Å². The van der Waals surface area contributed by atoms with Crippen LogP contribution >= 0.6 is 11.3 Å². The Labute approximate surface area is 136 Å². The number of nitrogens with zero attached hydrogens (tertiary/aromatic N) is 1. The first-order valence-electron chi connectivity index (χ1n) is 7.89. The lowest BCUT2D eigenvalue weighted by Crippen LogP contribution is -2.05. The number of benzene rings is 2. The van der Waals surface area contributed by atoms with Crippen molar-refractivity contribution in [3.63, 3.8) is 0 Å². The van der Waals surface area contributed by atoms with Gasteiger partial charge in [-0.3, -0.25) is 0 Å². The molecule has 0 fully saturated rings. The van der Waals surface area contributed by atoms with Crippen LogP contribution in [-0.4, -0.2) is 4.98 Å². The summed E-state index contributed by atoms with van der Waals surface area (Å²) in [6.45, 7) is 4.24. The minimum Gasteiger partial charge on any atom is -0.323 e. The molecule has 1 heterocycles. The minimum atomic E-state index is 0.0697. The van der Waals surface area contributed by atoms with E-state index in [0.717, 1.165) is 19.3 Å². The highest BCUT2D eigenvalue weighted by Gasteiger charge is 2.14. The van der Waals surface area contributed by atoms with Crippen molar-refractivity contribution in [3.8, 4) is 0 Å². The maximum atomic E-state index is 6.11. The number of nitrogens with two attached hydrogens (primary N) is 1. The molecule has 0 aliphatic rings. The van der Waals surface area contributed by atoms with Crippen LogP contribution in [-0.2, 0) is 12.8 Å². The van der Waals surface area contributed by atoms with Gasteiger partial charge in [-0.05, 0) is 29.7 Å². The maximum Gasteiger partial charge on any atom is 0.0975 e. The Morgan fingerprint density at radius 1 is 1.14 bits per heavy atom. The zero-order chi connectivity index (χ0) is 15.5. The minimum absolute atomic E-state index is 0.0697. The summed E-state index contributed by atoms with van der Waals surface area (Å²) in [5.41, 5.74) is 8.64. The normalized spacial score (nSPS) is 12.7. The highest BCUT2D eigenvalue weighted by atomic mass is 32.1. The zero-order valence-corrected chi connectivity index (χ0v) is 14.0. The van der Waals surface area contributed by atoms with E-state index in [2.05, 4.69) is 49.4 Å². The van der Waals surface area contributed by atoms with Crippen molar-refractivity contribution in [3.05, 3.63) is 63.6 Å². The summed E-state index contributed by atoms with van der Waals surface area (Å²) >= 11 is 1.77. The van der Waals surface area contributed by atoms with Crippen LogP contribution in [0.4, 0.5) is 0 Å². The van der Waals surface area contributed by atoms with Gasteiger partial charge in [-0.2, -0.15) is 0 Å². The molecule has 0 saturated carbocycles.